The highest BCUT2D eigenvalue weighted by Crippen LogP contribution is 2.24. The third-order valence-corrected chi connectivity index (χ3v) is 5.82. The van der Waals surface area contributed by atoms with Gasteiger partial charge in [0.15, 0.2) is 11.6 Å². The molecule has 0 aromatic heterocycles. The van der Waals surface area contributed by atoms with Crippen molar-refractivity contribution in [2.24, 2.45) is 5.92 Å². The van der Waals surface area contributed by atoms with Gasteiger partial charge in [0.1, 0.15) is 6.61 Å². The van der Waals surface area contributed by atoms with Crippen LogP contribution in [0.3, 0.4) is 0 Å². The molecule has 0 spiro atoms. The van der Waals surface area contributed by atoms with Crippen molar-refractivity contribution in [2.45, 2.75) is 25.7 Å². The number of halogens is 1. The molecule has 3 aromatic carbocycles. The van der Waals surface area contributed by atoms with E-state index in [0.29, 0.717) is 12.0 Å². The van der Waals surface area contributed by atoms with E-state index in [4.69, 9.17) is 0 Å². The van der Waals surface area contributed by atoms with Crippen molar-refractivity contribution in [2.75, 3.05) is 6.61 Å². The Morgan fingerprint density at radius 2 is 1.43 bits per heavy atom. The minimum Gasteiger partial charge on any atom is -0.389 e. The smallest absolute Gasteiger partial charge is 0.163 e. The van der Waals surface area contributed by atoms with Crippen LogP contribution in [-0.2, 0) is 11.2 Å². The van der Waals surface area contributed by atoms with Gasteiger partial charge in [-0.25, -0.2) is 0 Å². The summed E-state index contributed by atoms with van der Waals surface area (Å²) >= 11 is 3.43. The lowest BCUT2D eigenvalue weighted by molar-refractivity contribution is -0.125. The molecule has 30 heavy (non-hydrogen) atoms. The van der Waals surface area contributed by atoms with Crippen LogP contribution in [-0.4, -0.2) is 23.3 Å². The first-order valence-electron chi connectivity index (χ1n) is 10.1. The Kier molecular flexibility index (Phi) is 8.12. The monoisotopic (exact) mass is 464 g/mol. The predicted molar refractivity (Wildman–Crippen MR) is 123 cm³/mol. The average molecular weight is 465 g/mol. The molecular formula is C26H25BrO3. The second-order valence-corrected chi connectivity index (χ2v) is 8.33. The van der Waals surface area contributed by atoms with Gasteiger partial charge in [0, 0.05) is 22.4 Å². The Morgan fingerprint density at radius 3 is 2.03 bits per heavy atom. The molecule has 0 aliphatic heterocycles. The summed E-state index contributed by atoms with van der Waals surface area (Å²) < 4.78 is 1.02. The summed E-state index contributed by atoms with van der Waals surface area (Å²) in [4.78, 5) is 24.9. The molecule has 0 radical (unpaired) electrons. The number of rotatable bonds is 10. The van der Waals surface area contributed by atoms with Gasteiger partial charge in [0.25, 0.3) is 0 Å². The maximum absolute atomic E-state index is 12.8. The molecule has 0 unspecified atom stereocenters. The first kappa shape index (κ1) is 22.1. The van der Waals surface area contributed by atoms with Crippen molar-refractivity contribution in [1.29, 1.82) is 0 Å². The number of ketones is 2. The van der Waals surface area contributed by atoms with Crippen molar-refractivity contribution in [1.82, 2.24) is 0 Å². The van der Waals surface area contributed by atoms with Gasteiger partial charge in [0.2, 0.25) is 0 Å². The van der Waals surface area contributed by atoms with E-state index in [1.165, 1.54) is 5.56 Å². The van der Waals surface area contributed by atoms with Crippen LogP contribution in [0.25, 0.3) is 11.1 Å². The molecule has 0 amide bonds. The summed E-state index contributed by atoms with van der Waals surface area (Å²) in [7, 11) is 0. The molecule has 3 nitrogen and oxygen atoms in total. The highest BCUT2D eigenvalue weighted by Gasteiger charge is 2.21. The predicted octanol–water partition coefficient (Wildman–Crippen LogP) is 5.89. The van der Waals surface area contributed by atoms with Crippen LogP contribution in [0.15, 0.2) is 83.3 Å². The number of aliphatic hydroxyl groups is 1. The molecule has 154 valence electrons. The quantitative estimate of drug-likeness (QED) is 0.380. The number of benzene rings is 3. The fourth-order valence-corrected chi connectivity index (χ4v) is 3.80. The van der Waals surface area contributed by atoms with Crippen LogP contribution in [0.5, 0.6) is 0 Å². The van der Waals surface area contributed by atoms with Crippen molar-refractivity contribution >= 4 is 27.5 Å². The SMILES string of the molecule is O=C(C[C@H](CCCc1ccccc1)C(=O)CO)c1ccc(-c2ccc(Br)cc2)cc1. The maximum atomic E-state index is 12.8. The number of aryl methyl sites for hydroxylation is 1. The van der Waals surface area contributed by atoms with Gasteiger partial charge in [-0.2, -0.15) is 0 Å². The normalized spacial score (nSPS) is 11.8. The number of aliphatic hydroxyl groups excluding tert-OH is 1. The Morgan fingerprint density at radius 1 is 0.833 bits per heavy atom. The van der Waals surface area contributed by atoms with E-state index >= 15 is 0 Å². The molecule has 0 heterocycles. The fourth-order valence-electron chi connectivity index (χ4n) is 3.54. The fraction of sp³-hybridized carbons (Fsp3) is 0.231. The highest BCUT2D eigenvalue weighted by molar-refractivity contribution is 9.10. The Balaban J connectivity index is 1.61. The maximum Gasteiger partial charge on any atom is 0.163 e. The zero-order valence-corrected chi connectivity index (χ0v) is 18.3. The summed E-state index contributed by atoms with van der Waals surface area (Å²) in [5.41, 5.74) is 3.91. The molecule has 1 atom stereocenters. The van der Waals surface area contributed by atoms with Gasteiger partial charge in [-0.3, -0.25) is 9.59 Å². The van der Waals surface area contributed by atoms with E-state index in [1.807, 2.05) is 66.7 Å². The van der Waals surface area contributed by atoms with E-state index in [1.54, 1.807) is 0 Å². The molecular weight excluding hydrogens is 440 g/mol. The minimum atomic E-state index is -0.522. The van der Waals surface area contributed by atoms with E-state index in [0.717, 1.165) is 28.4 Å². The first-order chi connectivity index (χ1) is 14.6. The van der Waals surface area contributed by atoms with Crippen LogP contribution in [0.4, 0.5) is 0 Å². The topological polar surface area (TPSA) is 54.4 Å². The van der Waals surface area contributed by atoms with Crippen LogP contribution in [0.1, 0.15) is 35.2 Å². The van der Waals surface area contributed by atoms with Gasteiger partial charge >= 0.3 is 0 Å². The number of hydrogen-bond acceptors (Lipinski definition) is 3. The molecule has 4 heteroatoms. The zero-order valence-electron chi connectivity index (χ0n) is 16.8. The molecule has 0 saturated carbocycles. The number of hydrogen-bond donors (Lipinski definition) is 1. The van der Waals surface area contributed by atoms with Gasteiger partial charge < -0.3 is 5.11 Å². The van der Waals surface area contributed by atoms with Crippen LogP contribution < -0.4 is 0 Å². The Hall–Kier alpha value is -2.56. The zero-order chi connectivity index (χ0) is 21.3. The first-order valence-corrected chi connectivity index (χ1v) is 10.9. The second-order valence-electron chi connectivity index (χ2n) is 7.41. The molecule has 3 rings (SSSR count). The number of Topliss-reactive ketones (excluding diaryl/α,β-unsaturated/α-hetero) is 2. The molecule has 0 fully saturated rings. The third kappa shape index (κ3) is 6.22. The standard InChI is InChI=1S/C26H25BrO3/c27-24-15-13-21(14-16-24)20-9-11-22(12-10-20)25(29)17-23(26(30)18-28)8-4-7-19-5-2-1-3-6-19/h1-3,5-6,9-16,23,28H,4,7-8,17-18H2/t23-/m0/s1. The summed E-state index contributed by atoms with van der Waals surface area (Å²) in [5.74, 6) is -0.774. The van der Waals surface area contributed by atoms with Crippen molar-refractivity contribution in [3.8, 4) is 11.1 Å². The lowest BCUT2D eigenvalue weighted by atomic mass is 9.89. The molecule has 0 aliphatic rings. The lowest BCUT2D eigenvalue weighted by Gasteiger charge is -2.14. The lowest BCUT2D eigenvalue weighted by Crippen LogP contribution is -2.21. The van der Waals surface area contributed by atoms with Gasteiger partial charge in [0.05, 0.1) is 0 Å². The Bertz CT molecular complexity index is 963. The highest BCUT2D eigenvalue weighted by atomic mass is 79.9. The summed E-state index contributed by atoms with van der Waals surface area (Å²) in [6.45, 7) is -0.522. The van der Waals surface area contributed by atoms with Crippen molar-refractivity contribution in [3.05, 3.63) is 94.5 Å². The van der Waals surface area contributed by atoms with Crippen molar-refractivity contribution < 1.29 is 14.7 Å². The molecule has 0 aliphatic carbocycles. The van der Waals surface area contributed by atoms with Crippen LogP contribution in [0, 0.1) is 5.92 Å². The third-order valence-electron chi connectivity index (χ3n) is 5.29. The van der Waals surface area contributed by atoms with E-state index < -0.39 is 12.5 Å². The minimum absolute atomic E-state index is 0.0659. The summed E-state index contributed by atoms with van der Waals surface area (Å²) in [5, 5.41) is 9.32. The van der Waals surface area contributed by atoms with Gasteiger partial charge in [-0.05, 0) is 48.1 Å². The van der Waals surface area contributed by atoms with Crippen molar-refractivity contribution in [3.63, 3.8) is 0 Å². The molecule has 1 N–H and O–H groups in total. The number of carbonyl (C=O) groups excluding carboxylic acids is 2. The largest absolute Gasteiger partial charge is 0.389 e. The summed E-state index contributed by atoms with van der Waals surface area (Å²) in [6.07, 6.45) is 2.38. The van der Waals surface area contributed by atoms with Crippen LogP contribution >= 0.6 is 15.9 Å². The van der Waals surface area contributed by atoms with Gasteiger partial charge in [-0.1, -0.05) is 82.7 Å². The van der Waals surface area contributed by atoms with Gasteiger partial charge in [-0.15, -0.1) is 0 Å². The Labute approximate surface area is 185 Å². The van der Waals surface area contributed by atoms with E-state index in [-0.39, 0.29) is 18.0 Å². The molecule has 3 aromatic rings. The van der Waals surface area contributed by atoms with E-state index in [2.05, 4.69) is 28.1 Å². The average Bonchev–Trinajstić information content (AvgIpc) is 2.79. The van der Waals surface area contributed by atoms with E-state index in [9.17, 15) is 14.7 Å². The number of carbonyl (C=O) groups is 2. The molecule has 0 bridgehead atoms. The van der Waals surface area contributed by atoms with Crippen LogP contribution in [0.2, 0.25) is 0 Å². The second kappa shape index (κ2) is 11.0. The summed E-state index contributed by atoms with van der Waals surface area (Å²) in [6, 6.07) is 25.5. The molecule has 0 saturated heterocycles.